The molecule has 0 radical (unpaired) electrons. The van der Waals surface area contributed by atoms with Crippen LogP contribution in [0.3, 0.4) is 0 Å². The van der Waals surface area contributed by atoms with Crippen LogP contribution in [0.4, 0.5) is 0 Å². The fraction of sp³-hybridized carbons (Fsp3) is 0.778. The molecule has 3 nitrogen and oxygen atoms in total. The fourth-order valence-corrected chi connectivity index (χ4v) is 2.45. The predicted octanol–water partition coefficient (Wildman–Crippen LogP) is 4.31. The molecule has 0 bridgehead atoms. The third-order valence-electron chi connectivity index (χ3n) is 4.40. The van der Waals surface area contributed by atoms with E-state index in [4.69, 9.17) is 9.31 Å². The summed E-state index contributed by atoms with van der Waals surface area (Å²) in [6.07, 6.45) is 4.35. The Labute approximate surface area is 136 Å². The van der Waals surface area contributed by atoms with Crippen LogP contribution in [0, 0.1) is 5.41 Å². The van der Waals surface area contributed by atoms with Crippen molar-refractivity contribution >= 4 is 7.12 Å². The first-order valence-corrected chi connectivity index (χ1v) is 8.24. The van der Waals surface area contributed by atoms with Crippen molar-refractivity contribution in [2.75, 3.05) is 0 Å². The second-order valence-electron chi connectivity index (χ2n) is 8.36. The van der Waals surface area contributed by atoms with E-state index in [0.29, 0.717) is 0 Å². The van der Waals surface area contributed by atoms with Gasteiger partial charge in [0.05, 0.1) is 17.3 Å². The Bertz CT molecular complexity index is 439. The van der Waals surface area contributed by atoms with Gasteiger partial charge in [0.1, 0.15) is 0 Å². The Hall–Kier alpha value is -0.575. The number of rotatable bonds is 4. The molecular weight excluding hydrogens is 275 g/mol. The number of aliphatic hydroxyl groups is 1. The van der Waals surface area contributed by atoms with Gasteiger partial charge in [0.15, 0.2) is 0 Å². The highest BCUT2D eigenvalue weighted by Gasteiger charge is 2.53. The lowest BCUT2D eigenvalue weighted by Gasteiger charge is -2.32. The van der Waals surface area contributed by atoms with E-state index in [-0.39, 0.29) is 5.41 Å². The summed E-state index contributed by atoms with van der Waals surface area (Å²) >= 11 is 0. The normalized spacial score (nSPS) is 23.8. The Morgan fingerprint density at radius 3 is 1.95 bits per heavy atom. The molecule has 0 saturated carbocycles. The standard InChI is InChI=1S/C18H33BO3/c1-10-11-13(2)15(20)14(12-16(3,4)5)19-21-17(6,7)18(8,9)22-19/h11-12,15,20H,10H2,1-9H3/b13-11+,14-12-. The molecule has 1 fully saturated rings. The largest absolute Gasteiger partial charge is 0.493 e. The molecule has 0 aromatic heterocycles. The van der Waals surface area contributed by atoms with Crippen LogP contribution >= 0.6 is 0 Å². The van der Waals surface area contributed by atoms with Crippen LogP contribution in [-0.4, -0.2) is 29.5 Å². The van der Waals surface area contributed by atoms with Crippen molar-refractivity contribution in [2.45, 2.75) is 86.0 Å². The van der Waals surface area contributed by atoms with Crippen LogP contribution in [0.15, 0.2) is 23.2 Å². The zero-order valence-electron chi connectivity index (χ0n) is 15.8. The van der Waals surface area contributed by atoms with Crippen LogP contribution < -0.4 is 0 Å². The lowest BCUT2D eigenvalue weighted by Crippen LogP contribution is -2.41. The maximum Gasteiger partial charge on any atom is 0.493 e. The molecule has 1 aliphatic heterocycles. The second-order valence-corrected chi connectivity index (χ2v) is 8.36. The Morgan fingerprint density at radius 1 is 1.14 bits per heavy atom. The molecule has 0 aromatic rings. The van der Waals surface area contributed by atoms with E-state index in [9.17, 15) is 5.11 Å². The van der Waals surface area contributed by atoms with Crippen LogP contribution in [0.1, 0.15) is 68.7 Å². The van der Waals surface area contributed by atoms with E-state index in [2.05, 4.69) is 33.8 Å². The summed E-state index contributed by atoms with van der Waals surface area (Å²) in [5, 5.41) is 10.8. The summed E-state index contributed by atoms with van der Waals surface area (Å²) in [5.74, 6) is 0. The van der Waals surface area contributed by atoms with Gasteiger partial charge in [0, 0.05) is 0 Å². The van der Waals surface area contributed by atoms with Gasteiger partial charge in [-0.05, 0) is 57.5 Å². The van der Waals surface area contributed by atoms with Gasteiger partial charge in [0.25, 0.3) is 0 Å². The van der Waals surface area contributed by atoms with Crippen molar-refractivity contribution in [1.29, 1.82) is 0 Å². The summed E-state index contributed by atoms with van der Waals surface area (Å²) in [7, 11) is -0.514. The van der Waals surface area contributed by atoms with Gasteiger partial charge >= 0.3 is 7.12 Å². The molecular formula is C18H33BO3. The molecule has 1 aliphatic rings. The van der Waals surface area contributed by atoms with E-state index >= 15 is 0 Å². The first-order valence-electron chi connectivity index (χ1n) is 8.24. The molecule has 1 N–H and O–H groups in total. The van der Waals surface area contributed by atoms with Crippen LogP contribution in [0.25, 0.3) is 0 Å². The third kappa shape index (κ3) is 4.47. The minimum absolute atomic E-state index is 0.0631. The SMILES string of the molecule is CC/C=C(\C)C(O)/C(=C/C(C)(C)C)B1OC(C)(C)C(C)(C)O1. The maximum absolute atomic E-state index is 10.8. The Kier molecular flexibility index (Phi) is 5.76. The van der Waals surface area contributed by atoms with Crippen molar-refractivity contribution in [2.24, 2.45) is 5.41 Å². The minimum Gasteiger partial charge on any atom is -0.399 e. The number of hydrogen-bond donors (Lipinski definition) is 1. The average molecular weight is 308 g/mol. The smallest absolute Gasteiger partial charge is 0.399 e. The highest BCUT2D eigenvalue weighted by Crippen LogP contribution is 2.40. The molecule has 1 unspecified atom stereocenters. The number of allylic oxidation sites excluding steroid dienone is 2. The van der Waals surface area contributed by atoms with E-state index < -0.39 is 24.4 Å². The van der Waals surface area contributed by atoms with E-state index in [1.807, 2.05) is 40.7 Å². The van der Waals surface area contributed by atoms with Crippen molar-refractivity contribution in [1.82, 2.24) is 0 Å². The lowest BCUT2D eigenvalue weighted by molar-refractivity contribution is 0.00578. The van der Waals surface area contributed by atoms with Gasteiger partial charge < -0.3 is 14.4 Å². The molecule has 4 heteroatoms. The molecule has 0 amide bonds. The molecule has 0 aromatic carbocycles. The van der Waals surface area contributed by atoms with Gasteiger partial charge in [-0.2, -0.15) is 0 Å². The van der Waals surface area contributed by atoms with Crippen LogP contribution in [0.2, 0.25) is 0 Å². The zero-order valence-corrected chi connectivity index (χ0v) is 15.8. The fourth-order valence-electron chi connectivity index (χ4n) is 2.45. The van der Waals surface area contributed by atoms with Gasteiger partial charge in [-0.15, -0.1) is 0 Å². The quantitative estimate of drug-likeness (QED) is 0.621. The van der Waals surface area contributed by atoms with Gasteiger partial charge in [-0.3, -0.25) is 0 Å². The summed E-state index contributed by atoms with van der Waals surface area (Å²) in [6.45, 7) is 18.5. The molecule has 126 valence electrons. The molecule has 1 heterocycles. The van der Waals surface area contributed by atoms with Crippen LogP contribution in [0.5, 0.6) is 0 Å². The monoisotopic (exact) mass is 308 g/mol. The first-order chi connectivity index (χ1) is 9.81. The van der Waals surface area contributed by atoms with E-state index in [0.717, 1.165) is 17.5 Å². The topological polar surface area (TPSA) is 38.7 Å². The molecule has 1 atom stereocenters. The molecule has 1 rings (SSSR count). The van der Waals surface area contributed by atoms with Crippen molar-refractivity contribution in [3.8, 4) is 0 Å². The van der Waals surface area contributed by atoms with Crippen molar-refractivity contribution in [3.05, 3.63) is 23.2 Å². The Balaban J connectivity index is 3.20. The number of aliphatic hydroxyl groups excluding tert-OH is 1. The zero-order chi connectivity index (χ0) is 17.3. The first kappa shape index (κ1) is 19.5. The van der Waals surface area contributed by atoms with Crippen molar-refractivity contribution in [3.63, 3.8) is 0 Å². The molecule has 1 saturated heterocycles. The minimum atomic E-state index is -0.672. The summed E-state index contributed by atoms with van der Waals surface area (Å²) in [6, 6.07) is 0. The molecule has 0 spiro atoms. The maximum atomic E-state index is 10.8. The third-order valence-corrected chi connectivity index (χ3v) is 4.40. The van der Waals surface area contributed by atoms with Gasteiger partial charge in [0.2, 0.25) is 0 Å². The van der Waals surface area contributed by atoms with Crippen molar-refractivity contribution < 1.29 is 14.4 Å². The lowest BCUT2D eigenvalue weighted by atomic mass is 9.70. The van der Waals surface area contributed by atoms with E-state index in [1.165, 1.54) is 0 Å². The highest BCUT2D eigenvalue weighted by atomic mass is 16.7. The molecule has 22 heavy (non-hydrogen) atoms. The Morgan fingerprint density at radius 2 is 1.59 bits per heavy atom. The molecule has 0 aliphatic carbocycles. The van der Waals surface area contributed by atoms with E-state index in [1.54, 1.807) is 0 Å². The van der Waals surface area contributed by atoms with Crippen LogP contribution in [-0.2, 0) is 9.31 Å². The average Bonchev–Trinajstić information content (AvgIpc) is 2.53. The highest BCUT2D eigenvalue weighted by molar-refractivity contribution is 6.55. The predicted molar refractivity (Wildman–Crippen MR) is 93.7 cm³/mol. The summed E-state index contributed by atoms with van der Waals surface area (Å²) in [5.41, 5.74) is 0.862. The van der Waals surface area contributed by atoms with Gasteiger partial charge in [-0.1, -0.05) is 39.8 Å². The summed E-state index contributed by atoms with van der Waals surface area (Å²) in [4.78, 5) is 0. The summed E-state index contributed by atoms with van der Waals surface area (Å²) < 4.78 is 12.3. The van der Waals surface area contributed by atoms with Gasteiger partial charge in [-0.25, -0.2) is 0 Å². The second kappa shape index (κ2) is 6.50. The number of hydrogen-bond acceptors (Lipinski definition) is 3.